The van der Waals surface area contributed by atoms with E-state index in [4.69, 9.17) is 48.7 Å². The molecular weight excluding hydrogens is 791 g/mol. The molecule has 13 nitrogen and oxygen atoms in total. The molecule has 1 heterocycles. The van der Waals surface area contributed by atoms with Gasteiger partial charge in [-0.15, -0.1) is 5.11 Å². The van der Waals surface area contributed by atoms with Crippen molar-refractivity contribution in [1.29, 1.82) is 0 Å². The van der Waals surface area contributed by atoms with Gasteiger partial charge in [-0.3, -0.25) is 15.1 Å². The van der Waals surface area contributed by atoms with E-state index >= 15 is 0 Å². The van der Waals surface area contributed by atoms with Gasteiger partial charge >= 0.3 is 0 Å². The number of fused-ring (bicyclic) bond motifs is 2. The zero-order valence-electron chi connectivity index (χ0n) is 32.7. The van der Waals surface area contributed by atoms with Crippen molar-refractivity contribution in [2.24, 2.45) is 15.2 Å². The van der Waals surface area contributed by atoms with Gasteiger partial charge in [0, 0.05) is 62.6 Å². The number of azo groups is 1. The summed E-state index contributed by atoms with van der Waals surface area (Å²) in [5.41, 5.74) is 6.84. The molecule has 0 aromatic heterocycles. The molecule has 0 fully saturated rings. The second-order valence-corrected chi connectivity index (χ2v) is 13.2. The normalized spacial score (nSPS) is 11.1. The first kappa shape index (κ1) is 44.1. The lowest BCUT2D eigenvalue weighted by atomic mass is 10.1. The molecular formula is C41H45Cl3N8O5. The number of anilines is 3. The van der Waals surface area contributed by atoms with Gasteiger partial charge in [0.2, 0.25) is 0 Å². The second kappa shape index (κ2) is 21.6. The Hall–Kier alpha value is -5.63. The fourth-order valence-corrected chi connectivity index (χ4v) is 5.91. The number of methoxy groups -OCH3 is 2. The number of hydrogen-bond acceptors (Lipinski definition) is 12. The minimum Gasteiger partial charge on any atom is -0.497 e. The molecule has 4 aromatic rings. The van der Waals surface area contributed by atoms with E-state index in [1.165, 1.54) is 31.4 Å². The third kappa shape index (κ3) is 12.2. The molecule has 0 radical (unpaired) electrons. The molecule has 6 rings (SSSR count). The number of aryl methyl sites for hydroxylation is 1. The molecule has 2 aliphatic rings. The molecule has 57 heavy (non-hydrogen) atoms. The highest BCUT2D eigenvalue weighted by atomic mass is 35.5. The predicted octanol–water partition coefficient (Wildman–Crippen LogP) is 12.1. The Balaban J connectivity index is 0.000000199. The number of rotatable bonds is 12. The average Bonchev–Trinajstić information content (AvgIpc) is 3.20. The molecule has 0 saturated heterocycles. The van der Waals surface area contributed by atoms with Crippen molar-refractivity contribution < 1.29 is 18.8 Å². The number of hydrogen-bond donors (Lipinski definition) is 3. The molecule has 1 aliphatic carbocycles. The van der Waals surface area contributed by atoms with Gasteiger partial charge in [-0.25, -0.2) is 4.98 Å². The van der Waals surface area contributed by atoms with Crippen molar-refractivity contribution in [3.63, 3.8) is 0 Å². The zero-order chi connectivity index (χ0) is 41.5. The van der Waals surface area contributed by atoms with E-state index in [1.807, 2.05) is 77.1 Å². The van der Waals surface area contributed by atoms with E-state index in [1.54, 1.807) is 19.2 Å². The molecule has 3 N–H and O–H groups in total. The minimum atomic E-state index is -0.469. The third-order valence-electron chi connectivity index (χ3n) is 7.99. The maximum Gasteiger partial charge on any atom is 0.269 e. The highest BCUT2D eigenvalue weighted by Gasteiger charge is 2.13. The van der Waals surface area contributed by atoms with Crippen molar-refractivity contribution in [3.05, 3.63) is 115 Å². The van der Waals surface area contributed by atoms with E-state index in [-0.39, 0.29) is 5.69 Å². The summed E-state index contributed by atoms with van der Waals surface area (Å²) in [4.78, 5) is 19.3. The van der Waals surface area contributed by atoms with Gasteiger partial charge in [-0.1, -0.05) is 34.8 Å². The van der Waals surface area contributed by atoms with Crippen LogP contribution in [0.2, 0.25) is 15.1 Å². The van der Waals surface area contributed by atoms with Crippen molar-refractivity contribution in [2.45, 2.75) is 34.6 Å². The van der Waals surface area contributed by atoms with Crippen LogP contribution in [-0.2, 0) is 0 Å². The Bertz CT molecular complexity index is 2350. The van der Waals surface area contributed by atoms with Crippen LogP contribution < -0.4 is 30.8 Å². The van der Waals surface area contributed by atoms with Crippen molar-refractivity contribution in [3.8, 4) is 23.0 Å². The van der Waals surface area contributed by atoms with Gasteiger partial charge in [-0.05, 0) is 82.6 Å². The standard InChI is InChI=1S/C17H18ClN3O.C15H15ClN4O3.C9H12ClNO/c1-4-19-12-8-16-14(6-10(12)3)21-15-7-11(18)13(20-5-2)9-17(15)22-16;1-3-17-13-9-15(23-2)14(8-12(13)16)19-18-10-4-6-11(7-5-10)20(21)22;1-3-11-9-6-7(12-2)4-5-8(9)10/h6-9,20H,4-5H2,1-3H3;4-9,17H,3H2,1-2H3;4-6,11H,3H2,1-2H3. The van der Waals surface area contributed by atoms with Crippen molar-refractivity contribution in [1.82, 2.24) is 4.98 Å². The number of aromatic nitrogens is 1. The van der Waals surface area contributed by atoms with Crippen LogP contribution in [0.4, 0.5) is 34.1 Å². The summed E-state index contributed by atoms with van der Waals surface area (Å²) < 4.78 is 16.4. The van der Waals surface area contributed by atoms with E-state index in [2.05, 4.69) is 36.2 Å². The summed E-state index contributed by atoms with van der Waals surface area (Å²) in [5.74, 6) is 2.07. The quantitative estimate of drug-likeness (QED) is 0.0471. The molecule has 0 atom stereocenters. The predicted molar refractivity (Wildman–Crippen MR) is 232 cm³/mol. The van der Waals surface area contributed by atoms with E-state index < -0.39 is 4.92 Å². The van der Waals surface area contributed by atoms with Gasteiger partial charge in [0.05, 0.1) is 62.3 Å². The first-order chi connectivity index (χ1) is 27.4. The van der Waals surface area contributed by atoms with Crippen LogP contribution in [0.1, 0.15) is 33.3 Å². The fourth-order valence-electron chi connectivity index (χ4n) is 5.28. The minimum absolute atomic E-state index is 0.000400. The number of nitrogens with one attached hydrogen (secondary N) is 3. The average molecular weight is 836 g/mol. The maximum atomic E-state index is 10.6. The maximum absolute atomic E-state index is 10.6. The summed E-state index contributed by atoms with van der Waals surface area (Å²) in [6.07, 6.45) is 0. The number of non-ortho nitro benzene ring substituents is 1. The number of nitrogens with zero attached hydrogens (tertiary/aromatic N) is 5. The molecule has 0 spiro atoms. The summed E-state index contributed by atoms with van der Waals surface area (Å²) in [6, 6.07) is 22.4. The second-order valence-electron chi connectivity index (χ2n) is 12.0. The largest absolute Gasteiger partial charge is 0.497 e. The smallest absolute Gasteiger partial charge is 0.269 e. The first-order valence-electron chi connectivity index (χ1n) is 18.1. The molecule has 4 aromatic carbocycles. The number of ether oxygens (including phenoxy) is 2. The number of halogens is 3. The van der Waals surface area contributed by atoms with Crippen LogP contribution in [0.25, 0.3) is 22.6 Å². The highest BCUT2D eigenvalue weighted by molar-refractivity contribution is 6.34. The van der Waals surface area contributed by atoms with Gasteiger partial charge in [0.25, 0.3) is 5.69 Å². The van der Waals surface area contributed by atoms with Gasteiger partial charge < -0.3 is 29.8 Å². The monoisotopic (exact) mass is 834 g/mol. The first-order valence-corrected chi connectivity index (χ1v) is 19.2. The molecule has 0 unspecified atom stereocenters. The Morgan fingerprint density at radius 3 is 1.98 bits per heavy atom. The molecule has 0 amide bonds. The summed E-state index contributed by atoms with van der Waals surface area (Å²) in [6.45, 7) is 13.2. The van der Waals surface area contributed by atoms with Crippen LogP contribution in [0, 0.1) is 17.0 Å². The van der Waals surface area contributed by atoms with Gasteiger partial charge in [0.1, 0.15) is 28.4 Å². The van der Waals surface area contributed by atoms with E-state index in [0.717, 1.165) is 81.9 Å². The van der Waals surface area contributed by atoms with Crippen LogP contribution in [-0.4, -0.2) is 50.3 Å². The Kier molecular flexibility index (Phi) is 16.7. The molecule has 300 valence electrons. The summed E-state index contributed by atoms with van der Waals surface area (Å²) in [5, 5.41) is 31.1. The van der Waals surface area contributed by atoms with E-state index in [0.29, 0.717) is 32.8 Å². The lowest BCUT2D eigenvalue weighted by molar-refractivity contribution is -0.384. The van der Waals surface area contributed by atoms with Crippen LogP contribution in [0.15, 0.2) is 98.5 Å². The zero-order valence-corrected chi connectivity index (χ0v) is 35.0. The fraction of sp³-hybridized carbons (Fsp3) is 0.268. The molecule has 0 bridgehead atoms. The summed E-state index contributed by atoms with van der Waals surface area (Å²) >= 11 is 18.4. The number of benzene rings is 5. The van der Waals surface area contributed by atoms with Gasteiger partial charge in [0.15, 0.2) is 11.3 Å². The number of nitro groups is 1. The number of nitro benzene ring substituents is 1. The third-order valence-corrected chi connectivity index (χ3v) is 8.95. The van der Waals surface area contributed by atoms with Crippen LogP contribution in [0.3, 0.4) is 0 Å². The Labute approximate surface area is 346 Å². The van der Waals surface area contributed by atoms with Crippen molar-refractivity contribution >= 4 is 80.0 Å². The Morgan fingerprint density at radius 2 is 1.39 bits per heavy atom. The molecule has 0 saturated carbocycles. The lowest BCUT2D eigenvalue weighted by Gasteiger charge is -2.11. The highest BCUT2D eigenvalue weighted by Crippen LogP contribution is 2.37. The topological polar surface area (TPSA) is 161 Å². The Morgan fingerprint density at radius 1 is 0.754 bits per heavy atom. The summed E-state index contributed by atoms with van der Waals surface area (Å²) in [7, 11) is 3.17. The molecule has 1 aliphatic heterocycles. The molecule has 16 heteroatoms. The van der Waals surface area contributed by atoms with Crippen LogP contribution in [0.5, 0.6) is 11.5 Å². The SMILES string of the molecule is CCN=c1cc2oc3cc(NCC)c(Cl)cc3nc-2cc1C.CCNc1cc(OC)c(N=Nc2ccc([N+](=O)[O-])cc2)cc1Cl.CCNc1cc(OC)ccc1Cl. The van der Waals surface area contributed by atoms with E-state index in [9.17, 15) is 10.1 Å². The van der Waals surface area contributed by atoms with Gasteiger partial charge in [-0.2, -0.15) is 5.11 Å². The lowest BCUT2D eigenvalue weighted by Crippen LogP contribution is -2.09. The van der Waals surface area contributed by atoms with Crippen molar-refractivity contribution in [2.75, 3.05) is 56.3 Å². The van der Waals surface area contributed by atoms with Crippen LogP contribution >= 0.6 is 34.8 Å².